The minimum atomic E-state index is -3.76. The molecule has 0 spiro atoms. The highest BCUT2D eigenvalue weighted by Gasteiger charge is 2.17. The van der Waals surface area contributed by atoms with Crippen LogP contribution in [0.3, 0.4) is 0 Å². The SMILES string of the molecule is CCCCOCCCNS(=O)(=O)c1ccc(OC(F)F)c(Cl)c1. The topological polar surface area (TPSA) is 64.6 Å². The van der Waals surface area contributed by atoms with Crippen molar-refractivity contribution in [2.24, 2.45) is 0 Å². The molecular weight excluding hydrogens is 352 g/mol. The van der Waals surface area contributed by atoms with Gasteiger partial charge in [0.1, 0.15) is 5.75 Å². The van der Waals surface area contributed by atoms with Crippen molar-refractivity contribution < 1.29 is 26.7 Å². The van der Waals surface area contributed by atoms with Crippen LogP contribution < -0.4 is 9.46 Å². The highest BCUT2D eigenvalue weighted by molar-refractivity contribution is 7.89. The van der Waals surface area contributed by atoms with E-state index in [0.29, 0.717) is 19.6 Å². The maximum absolute atomic E-state index is 12.1. The molecule has 0 aliphatic heterocycles. The summed E-state index contributed by atoms with van der Waals surface area (Å²) in [6.07, 6.45) is 2.54. The van der Waals surface area contributed by atoms with Crippen molar-refractivity contribution in [3.63, 3.8) is 0 Å². The van der Waals surface area contributed by atoms with Crippen LogP contribution in [-0.2, 0) is 14.8 Å². The standard InChI is InChI=1S/C14H20ClF2NO4S/c1-2-3-8-21-9-4-7-18-23(19,20)11-5-6-13(12(15)10-11)22-14(16)17/h5-6,10,14,18H,2-4,7-9H2,1H3. The second-order valence-corrected chi connectivity index (χ2v) is 6.86. The number of hydrogen-bond donors (Lipinski definition) is 1. The number of unbranched alkanes of at least 4 members (excludes halogenated alkanes) is 1. The van der Waals surface area contributed by atoms with E-state index < -0.39 is 16.6 Å². The summed E-state index contributed by atoms with van der Waals surface area (Å²) in [7, 11) is -3.76. The average Bonchev–Trinajstić information content (AvgIpc) is 2.48. The Hall–Kier alpha value is -0.960. The fraction of sp³-hybridized carbons (Fsp3) is 0.571. The monoisotopic (exact) mass is 371 g/mol. The second-order valence-electron chi connectivity index (χ2n) is 4.69. The van der Waals surface area contributed by atoms with Crippen LogP contribution in [0.15, 0.2) is 23.1 Å². The van der Waals surface area contributed by atoms with Gasteiger partial charge in [-0.2, -0.15) is 8.78 Å². The van der Waals surface area contributed by atoms with Gasteiger partial charge in [-0.1, -0.05) is 24.9 Å². The number of benzene rings is 1. The van der Waals surface area contributed by atoms with Gasteiger partial charge in [0.05, 0.1) is 9.92 Å². The molecule has 1 N–H and O–H groups in total. The number of rotatable bonds is 11. The van der Waals surface area contributed by atoms with E-state index in [2.05, 4.69) is 16.4 Å². The van der Waals surface area contributed by atoms with E-state index in [9.17, 15) is 17.2 Å². The Labute approximate surface area is 140 Å². The molecule has 0 amide bonds. The van der Waals surface area contributed by atoms with Gasteiger partial charge in [-0.3, -0.25) is 0 Å². The van der Waals surface area contributed by atoms with Gasteiger partial charge in [0, 0.05) is 19.8 Å². The third-order valence-electron chi connectivity index (χ3n) is 2.83. The fourth-order valence-corrected chi connectivity index (χ4v) is 3.04. The van der Waals surface area contributed by atoms with Crippen molar-refractivity contribution in [3.05, 3.63) is 23.2 Å². The summed E-state index contributed by atoms with van der Waals surface area (Å²) in [6.45, 7) is 0.358. The molecule has 0 unspecified atom stereocenters. The van der Waals surface area contributed by atoms with Gasteiger partial charge in [-0.15, -0.1) is 0 Å². The molecule has 132 valence electrons. The van der Waals surface area contributed by atoms with Crippen LogP contribution >= 0.6 is 11.6 Å². The predicted octanol–water partition coefficient (Wildman–Crippen LogP) is 3.43. The Morgan fingerprint density at radius 2 is 1.96 bits per heavy atom. The lowest BCUT2D eigenvalue weighted by Crippen LogP contribution is -2.25. The zero-order chi connectivity index (χ0) is 17.3. The van der Waals surface area contributed by atoms with E-state index >= 15 is 0 Å². The van der Waals surface area contributed by atoms with Gasteiger partial charge in [0.25, 0.3) is 0 Å². The minimum Gasteiger partial charge on any atom is -0.433 e. The molecule has 9 heteroatoms. The third-order valence-corrected chi connectivity index (χ3v) is 4.58. The molecule has 5 nitrogen and oxygen atoms in total. The van der Waals surface area contributed by atoms with Crippen LogP contribution in [0.4, 0.5) is 8.78 Å². The zero-order valence-corrected chi connectivity index (χ0v) is 14.3. The first-order valence-corrected chi connectivity index (χ1v) is 9.04. The maximum Gasteiger partial charge on any atom is 0.387 e. The Morgan fingerprint density at radius 3 is 2.57 bits per heavy atom. The molecular formula is C14H20ClF2NO4S. The molecule has 0 aliphatic rings. The van der Waals surface area contributed by atoms with Crippen molar-refractivity contribution in [1.82, 2.24) is 4.72 Å². The Morgan fingerprint density at radius 1 is 1.26 bits per heavy atom. The quantitative estimate of drug-likeness (QED) is 0.605. The van der Waals surface area contributed by atoms with E-state index in [0.717, 1.165) is 31.0 Å². The Kier molecular flexibility index (Phi) is 8.75. The molecule has 0 fully saturated rings. The first-order chi connectivity index (χ1) is 10.9. The van der Waals surface area contributed by atoms with Crippen LogP contribution in [-0.4, -0.2) is 34.8 Å². The molecule has 0 atom stereocenters. The molecule has 0 bridgehead atoms. The van der Waals surface area contributed by atoms with E-state index in [-0.39, 0.29) is 22.2 Å². The lowest BCUT2D eigenvalue weighted by Gasteiger charge is -2.10. The number of sulfonamides is 1. The van der Waals surface area contributed by atoms with Crippen molar-refractivity contribution in [2.45, 2.75) is 37.7 Å². The fourth-order valence-electron chi connectivity index (χ4n) is 1.65. The van der Waals surface area contributed by atoms with Gasteiger partial charge in [0.2, 0.25) is 10.0 Å². The normalized spacial score (nSPS) is 11.9. The van der Waals surface area contributed by atoms with Crippen LogP contribution in [0.2, 0.25) is 5.02 Å². The second kappa shape index (κ2) is 10.0. The highest BCUT2D eigenvalue weighted by Crippen LogP contribution is 2.28. The average molecular weight is 372 g/mol. The van der Waals surface area contributed by atoms with Crippen LogP contribution in [0.1, 0.15) is 26.2 Å². The van der Waals surface area contributed by atoms with E-state index in [1.165, 1.54) is 0 Å². The summed E-state index contributed by atoms with van der Waals surface area (Å²) in [5, 5.41) is -0.198. The summed E-state index contributed by atoms with van der Waals surface area (Å²) < 4.78 is 60.2. The number of alkyl halides is 2. The van der Waals surface area contributed by atoms with Crippen LogP contribution in [0.25, 0.3) is 0 Å². The Balaban J connectivity index is 2.51. The van der Waals surface area contributed by atoms with E-state index in [1.807, 2.05) is 0 Å². The van der Waals surface area contributed by atoms with E-state index in [4.69, 9.17) is 16.3 Å². The molecule has 23 heavy (non-hydrogen) atoms. The molecule has 0 saturated heterocycles. The first kappa shape index (κ1) is 20.1. The van der Waals surface area contributed by atoms with Gasteiger partial charge in [0.15, 0.2) is 0 Å². The van der Waals surface area contributed by atoms with Crippen LogP contribution in [0, 0.1) is 0 Å². The van der Waals surface area contributed by atoms with Crippen molar-refractivity contribution >= 4 is 21.6 Å². The van der Waals surface area contributed by atoms with Crippen molar-refractivity contribution in [1.29, 1.82) is 0 Å². The molecule has 0 aromatic heterocycles. The number of ether oxygens (including phenoxy) is 2. The smallest absolute Gasteiger partial charge is 0.387 e. The van der Waals surface area contributed by atoms with Gasteiger partial charge in [-0.05, 0) is 31.0 Å². The lowest BCUT2D eigenvalue weighted by atomic mass is 10.3. The maximum atomic E-state index is 12.1. The van der Waals surface area contributed by atoms with E-state index in [1.54, 1.807) is 0 Å². The summed E-state index contributed by atoms with van der Waals surface area (Å²) >= 11 is 5.74. The number of nitrogens with one attached hydrogen (secondary N) is 1. The van der Waals surface area contributed by atoms with Crippen LogP contribution in [0.5, 0.6) is 5.75 Å². The molecule has 0 radical (unpaired) electrons. The molecule has 0 aliphatic carbocycles. The van der Waals surface area contributed by atoms with Gasteiger partial charge in [-0.25, -0.2) is 13.1 Å². The Bertz CT molecular complexity index is 584. The zero-order valence-electron chi connectivity index (χ0n) is 12.7. The van der Waals surface area contributed by atoms with Gasteiger partial charge < -0.3 is 9.47 Å². The summed E-state index contributed by atoms with van der Waals surface area (Å²) in [5.41, 5.74) is 0. The van der Waals surface area contributed by atoms with Gasteiger partial charge >= 0.3 is 6.61 Å². The van der Waals surface area contributed by atoms with Crippen molar-refractivity contribution in [3.8, 4) is 5.75 Å². The van der Waals surface area contributed by atoms with Crippen molar-refractivity contribution in [2.75, 3.05) is 19.8 Å². The first-order valence-electron chi connectivity index (χ1n) is 7.18. The minimum absolute atomic E-state index is 0.115. The molecule has 1 rings (SSSR count). The number of halogens is 3. The highest BCUT2D eigenvalue weighted by atomic mass is 35.5. The molecule has 0 saturated carbocycles. The summed E-state index contributed by atoms with van der Waals surface area (Å²) in [6, 6.07) is 3.32. The molecule has 1 aromatic rings. The largest absolute Gasteiger partial charge is 0.433 e. The molecule has 0 heterocycles. The summed E-state index contributed by atoms with van der Waals surface area (Å²) in [5.74, 6) is -0.273. The predicted molar refractivity (Wildman–Crippen MR) is 83.6 cm³/mol. The number of hydrogen-bond acceptors (Lipinski definition) is 4. The summed E-state index contributed by atoms with van der Waals surface area (Å²) in [4.78, 5) is -0.115. The molecule has 1 aromatic carbocycles. The third kappa shape index (κ3) is 7.43. The lowest BCUT2D eigenvalue weighted by molar-refractivity contribution is -0.0498.